The number of nitrogens with zero attached hydrogens (tertiary/aromatic N) is 3. The van der Waals surface area contributed by atoms with E-state index in [1.807, 2.05) is 27.8 Å². The van der Waals surface area contributed by atoms with Gasteiger partial charge in [-0.15, -0.1) is 5.10 Å². The molecule has 1 heterocycles. The maximum atomic E-state index is 5.50. The van der Waals surface area contributed by atoms with Crippen molar-refractivity contribution in [2.45, 2.75) is 26.3 Å². The van der Waals surface area contributed by atoms with Crippen LogP contribution in [0.25, 0.3) is 5.43 Å². The molecule has 5 heteroatoms. The SMILES string of the molecule is CC1=NN(N)[NH+](C)[N-]C1(C)C. The summed E-state index contributed by atoms with van der Waals surface area (Å²) in [6.45, 7) is 5.96. The van der Waals surface area contributed by atoms with Crippen LogP contribution in [-0.2, 0) is 0 Å². The molecule has 1 atom stereocenters. The fourth-order valence-corrected chi connectivity index (χ4v) is 0.893. The summed E-state index contributed by atoms with van der Waals surface area (Å²) in [5.41, 5.74) is 5.10. The lowest BCUT2D eigenvalue weighted by Crippen LogP contribution is -3.14. The molecule has 0 aromatic heterocycles. The Bertz CT molecular complexity index is 185. The largest absolute Gasteiger partial charge is 0.414 e. The standard InChI is InChI=1S/C6H15N5/c1-5-6(2,3)9-10(4)11(7)8-5/h10H,7H2,1-4H3. The Hall–Kier alpha value is -0.650. The maximum Gasteiger partial charge on any atom is 0.0825 e. The van der Waals surface area contributed by atoms with Crippen LogP contribution in [0.1, 0.15) is 20.8 Å². The van der Waals surface area contributed by atoms with Crippen LogP contribution in [-0.4, -0.2) is 23.5 Å². The monoisotopic (exact) mass is 157 g/mol. The van der Waals surface area contributed by atoms with Crippen molar-refractivity contribution in [2.24, 2.45) is 10.9 Å². The number of hydrogen-bond donors (Lipinski definition) is 2. The second-order valence-electron chi connectivity index (χ2n) is 3.25. The highest BCUT2D eigenvalue weighted by molar-refractivity contribution is 5.92. The summed E-state index contributed by atoms with van der Waals surface area (Å²) in [5, 5.41) is 6.17. The quantitative estimate of drug-likeness (QED) is 0.445. The molecule has 0 amide bonds. The molecule has 1 aliphatic rings. The van der Waals surface area contributed by atoms with Crippen LogP contribution in [0.3, 0.4) is 0 Å². The zero-order chi connectivity index (χ0) is 8.65. The molecule has 0 aromatic rings. The molecule has 1 rings (SSSR count). The van der Waals surface area contributed by atoms with Gasteiger partial charge in [-0.3, -0.25) is 5.12 Å². The fourth-order valence-electron chi connectivity index (χ4n) is 0.893. The molecule has 0 spiro atoms. The third-order valence-electron chi connectivity index (χ3n) is 1.92. The van der Waals surface area contributed by atoms with E-state index in [0.717, 1.165) is 10.8 Å². The lowest BCUT2D eigenvalue weighted by Gasteiger charge is -2.47. The Balaban J connectivity index is 2.86. The summed E-state index contributed by atoms with van der Waals surface area (Å²) in [4.78, 5) is 0. The predicted octanol–water partition coefficient (Wildman–Crippen LogP) is -0.951. The highest BCUT2D eigenvalue weighted by Gasteiger charge is 2.22. The number of rotatable bonds is 0. The minimum Gasteiger partial charge on any atom is -0.414 e. The van der Waals surface area contributed by atoms with Gasteiger partial charge in [0.25, 0.3) is 0 Å². The summed E-state index contributed by atoms with van der Waals surface area (Å²) in [6.07, 6.45) is 0. The van der Waals surface area contributed by atoms with E-state index in [1.165, 1.54) is 5.23 Å². The number of nitrogens with one attached hydrogen (secondary N) is 1. The molecular formula is C6H15N5. The lowest BCUT2D eigenvalue weighted by molar-refractivity contribution is -0.975. The summed E-state index contributed by atoms with van der Waals surface area (Å²) < 4.78 is 0. The van der Waals surface area contributed by atoms with Crippen molar-refractivity contribution in [3.63, 3.8) is 0 Å². The average Bonchev–Trinajstić information content (AvgIpc) is 1.83. The number of hydrazone groups is 1. The lowest BCUT2D eigenvalue weighted by atomic mass is 10.0. The number of hydrogen-bond acceptors (Lipinski definition) is 3. The van der Waals surface area contributed by atoms with Crippen LogP contribution in [0.4, 0.5) is 0 Å². The Morgan fingerprint density at radius 2 is 2.18 bits per heavy atom. The van der Waals surface area contributed by atoms with E-state index in [4.69, 9.17) is 5.84 Å². The van der Waals surface area contributed by atoms with Gasteiger partial charge in [0.2, 0.25) is 0 Å². The van der Waals surface area contributed by atoms with Crippen LogP contribution >= 0.6 is 0 Å². The first-order valence-corrected chi connectivity index (χ1v) is 3.60. The van der Waals surface area contributed by atoms with Crippen LogP contribution in [0.5, 0.6) is 0 Å². The molecule has 0 aliphatic carbocycles. The van der Waals surface area contributed by atoms with Crippen molar-refractivity contribution in [1.29, 1.82) is 0 Å². The van der Waals surface area contributed by atoms with E-state index >= 15 is 0 Å². The Kier molecular flexibility index (Phi) is 1.87. The van der Waals surface area contributed by atoms with E-state index in [-0.39, 0.29) is 5.54 Å². The van der Waals surface area contributed by atoms with Crippen LogP contribution in [0.2, 0.25) is 0 Å². The molecule has 1 aliphatic heterocycles. The third kappa shape index (κ3) is 1.50. The van der Waals surface area contributed by atoms with Crippen LogP contribution < -0.4 is 11.0 Å². The average molecular weight is 157 g/mol. The molecule has 0 bridgehead atoms. The van der Waals surface area contributed by atoms with Crippen molar-refractivity contribution in [3.05, 3.63) is 5.43 Å². The molecule has 0 radical (unpaired) electrons. The van der Waals surface area contributed by atoms with Gasteiger partial charge in [0, 0.05) is 5.71 Å². The van der Waals surface area contributed by atoms with Gasteiger partial charge < -0.3 is 5.43 Å². The van der Waals surface area contributed by atoms with Crippen molar-refractivity contribution in [3.8, 4) is 0 Å². The van der Waals surface area contributed by atoms with Crippen molar-refractivity contribution in [1.82, 2.24) is 5.23 Å². The van der Waals surface area contributed by atoms with Crippen molar-refractivity contribution < 1.29 is 5.12 Å². The van der Waals surface area contributed by atoms with E-state index in [2.05, 4.69) is 10.5 Å². The molecular weight excluding hydrogens is 142 g/mol. The van der Waals surface area contributed by atoms with Gasteiger partial charge in [-0.1, -0.05) is 19.1 Å². The normalized spacial score (nSPS) is 30.1. The molecule has 5 nitrogen and oxygen atoms in total. The molecule has 0 fully saturated rings. The Morgan fingerprint density at radius 1 is 1.64 bits per heavy atom. The van der Waals surface area contributed by atoms with Crippen LogP contribution in [0, 0.1) is 0 Å². The number of nitrogens with two attached hydrogens (primary N) is 1. The van der Waals surface area contributed by atoms with E-state index in [0.29, 0.717) is 0 Å². The highest BCUT2D eigenvalue weighted by atomic mass is 16.0. The molecule has 0 saturated heterocycles. The Morgan fingerprint density at radius 3 is 2.64 bits per heavy atom. The first kappa shape index (κ1) is 8.45. The summed E-state index contributed by atoms with van der Waals surface area (Å²) in [5.74, 6) is 5.50. The van der Waals surface area contributed by atoms with Gasteiger partial charge in [-0.2, -0.15) is 5.84 Å². The molecule has 1 unspecified atom stereocenters. The Labute approximate surface area is 66.7 Å². The molecule has 3 N–H and O–H groups in total. The van der Waals surface area contributed by atoms with E-state index in [9.17, 15) is 0 Å². The smallest absolute Gasteiger partial charge is 0.0825 e. The summed E-state index contributed by atoms with van der Waals surface area (Å²) in [6, 6.07) is 0. The van der Waals surface area contributed by atoms with Gasteiger partial charge in [0.05, 0.1) is 7.05 Å². The van der Waals surface area contributed by atoms with Crippen LogP contribution in [0.15, 0.2) is 5.10 Å². The number of quaternary nitrogens is 1. The highest BCUT2D eigenvalue weighted by Crippen LogP contribution is 2.15. The molecule has 64 valence electrons. The topological polar surface area (TPSA) is 60.2 Å². The zero-order valence-corrected chi connectivity index (χ0v) is 7.42. The number of hydrazine groups is 1. The van der Waals surface area contributed by atoms with Gasteiger partial charge >= 0.3 is 0 Å². The van der Waals surface area contributed by atoms with E-state index < -0.39 is 0 Å². The molecule has 11 heavy (non-hydrogen) atoms. The molecule has 0 saturated carbocycles. The van der Waals surface area contributed by atoms with Crippen molar-refractivity contribution in [2.75, 3.05) is 7.05 Å². The van der Waals surface area contributed by atoms with Gasteiger partial charge in [0.1, 0.15) is 0 Å². The first-order chi connectivity index (χ1) is 4.93. The summed E-state index contributed by atoms with van der Waals surface area (Å²) in [7, 11) is 1.84. The first-order valence-electron chi connectivity index (χ1n) is 3.60. The fraction of sp³-hybridized carbons (Fsp3) is 0.833. The minimum absolute atomic E-state index is 0.194. The van der Waals surface area contributed by atoms with Gasteiger partial charge in [-0.05, 0) is 12.5 Å². The van der Waals surface area contributed by atoms with E-state index in [1.54, 1.807) is 0 Å². The zero-order valence-electron chi connectivity index (χ0n) is 7.42. The second-order valence-corrected chi connectivity index (χ2v) is 3.25. The van der Waals surface area contributed by atoms with Gasteiger partial charge in [0.15, 0.2) is 0 Å². The third-order valence-corrected chi connectivity index (χ3v) is 1.92. The predicted molar refractivity (Wildman–Crippen MR) is 43.5 cm³/mol. The summed E-state index contributed by atoms with van der Waals surface area (Å²) >= 11 is 0. The maximum absolute atomic E-state index is 5.50. The van der Waals surface area contributed by atoms with Crippen molar-refractivity contribution >= 4 is 5.71 Å². The van der Waals surface area contributed by atoms with Gasteiger partial charge in [-0.25, -0.2) is 0 Å². The second kappa shape index (κ2) is 2.44. The minimum atomic E-state index is -0.194. The molecule has 0 aromatic carbocycles.